The Morgan fingerprint density at radius 3 is 2.71 bits per heavy atom. The van der Waals surface area contributed by atoms with E-state index in [0.717, 1.165) is 23.6 Å². The Bertz CT molecular complexity index is 499. The molecular weight excluding hydrogens is 325 g/mol. The van der Waals surface area contributed by atoms with Crippen LogP contribution in [0.15, 0.2) is 48.5 Å². The molecule has 2 nitrogen and oxygen atoms in total. The van der Waals surface area contributed by atoms with E-state index in [1.54, 1.807) is 0 Å². The molecule has 0 radical (unpaired) electrons. The van der Waals surface area contributed by atoms with Gasteiger partial charge >= 0.3 is 0 Å². The van der Waals surface area contributed by atoms with Gasteiger partial charge in [0, 0.05) is 15.7 Å². The van der Waals surface area contributed by atoms with Crippen molar-refractivity contribution in [3.63, 3.8) is 0 Å². The van der Waals surface area contributed by atoms with Gasteiger partial charge in [0.25, 0.3) is 0 Å². The summed E-state index contributed by atoms with van der Waals surface area (Å²) in [5.74, 6) is 1.78. The number of para-hydroxylation sites is 1. The van der Waals surface area contributed by atoms with Gasteiger partial charge in [0.15, 0.2) is 0 Å². The molecule has 2 aromatic carbocycles. The van der Waals surface area contributed by atoms with Gasteiger partial charge in [0.1, 0.15) is 11.5 Å². The molecule has 3 heteroatoms. The highest BCUT2D eigenvalue weighted by Crippen LogP contribution is 2.26. The third-order valence-corrected chi connectivity index (χ3v) is 3.03. The lowest BCUT2D eigenvalue weighted by Crippen LogP contribution is -2.06. The Kier molecular flexibility index (Phi) is 4.39. The van der Waals surface area contributed by atoms with E-state index in [4.69, 9.17) is 4.74 Å². The van der Waals surface area contributed by atoms with E-state index >= 15 is 0 Å². The summed E-state index contributed by atoms with van der Waals surface area (Å²) in [4.78, 5) is 0. The SMILES string of the molecule is CNCc1ccccc1Oc1cccc(I)c1. The zero-order valence-electron chi connectivity index (χ0n) is 9.61. The van der Waals surface area contributed by atoms with Crippen LogP contribution in [0.1, 0.15) is 5.56 Å². The molecule has 0 aliphatic carbocycles. The van der Waals surface area contributed by atoms with Crippen LogP contribution in [0.2, 0.25) is 0 Å². The fourth-order valence-corrected chi connectivity index (χ4v) is 2.11. The fourth-order valence-electron chi connectivity index (χ4n) is 1.60. The van der Waals surface area contributed by atoms with Crippen molar-refractivity contribution in [3.05, 3.63) is 57.7 Å². The molecule has 2 aromatic rings. The lowest BCUT2D eigenvalue weighted by Gasteiger charge is -2.10. The smallest absolute Gasteiger partial charge is 0.131 e. The van der Waals surface area contributed by atoms with Crippen molar-refractivity contribution in [2.24, 2.45) is 0 Å². The third kappa shape index (κ3) is 3.44. The molecule has 88 valence electrons. The summed E-state index contributed by atoms with van der Waals surface area (Å²) in [6, 6.07) is 16.1. The first kappa shape index (κ1) is 12.4. The average Bonchev–Trinajstić information content (AvgIpc) is 2.32. The van der Waals surface area contributed by atoms with Gasteiger partial charge in [-0.3, -0.25) is 0 Å². The first-order valence-corrected chi connectivity index (χ1v) is 6.53. The predicted molar refractivity (Wildman–Crippen MR) is 78.4 cm³/mol. The molecule has 0 saturated heterocycles. The standard InChI is InChI=1S/C14H14INO/c1-16-10-11-5-2-3-8-14(11)17-13-7-4-6-12(15)9-13/h2-9,16H,10H2,1H3. The largest absolute Gasteiger partial charge is 0.457 e. The highest BCUT2D eigenvalue weighted by atomic mass is 127. The fraction of sp³-hybridized carbons (Fsp3) is 0.143. The summed E-state index contributed by atoms with van der Waals surface area (Å²) < 4.78 is 7.07. The molecule has 0 aliphatic rings. The van der Waals surface area contributed by atoms with Gasteiger partial charge < -0.3 is 10.1 Å². The summed E-state index contributed by atoms with van der Waals surface area (Å²) >= 11 is 2.28. The van der Waals surface area contributed by atoms with E-state index in [2.05, 4.69) is 34.0 Å². The first-order chi connectivity index (χ1) is 8.29. The van der Waals surface area contributed by atoms with E-state index in [0.29, 0.717) is 0 Å². The van der Waals surface area contributed by atoms with Crippen molar-refractivity contribution in [3.8, 4) is 11.5 Å². The van der Waals surface area contributed by atoms with Gasteiger partial charge in [-0.05, 0) is 53.9 Å². The van der Waals surface area contributed by atoms with Crippen molar-refractivity contribution in [2.75, 3.05) is 7.05 Å². The van der Waals surface area contributed by atoms with Gasteiger partial charge in [-0.25, -0.2) is 0 Å². The Morgan fingerprint density at radius 2 is 1.94 bits per heavy atom. The van der Waals surface area contributed by atoms with Crippen LogP contribution < -0.4 is 10.1 Å². The summed E-state index contributed by atoms with van der Waals surface area (Å²) in [6.07, 6.45) is 0. The second-order valence-corrected chi connectivity index (χ2v) is 4.94. The molecule has 0 unspecified atom stereocenters. The zero-order chi connectivity index (χ0) is 12.1. The second-order valence-electron chi connectivity index (χ2n) is 3.70. The quantitative estimate of drug-likeness (QED) is 0.856. The Hall–Kier alpha value is -1.07. The minimum atomic E-state index is 0.806. The highest BCUT2D eigenvalue weighted by Gasteiger charge is 2.03. The van der Waals surface area contributed by atoms with Gasteiger partial charge in [0.05, 0.1) is 0 Å². The normalized spacial score (nSPS) is 10.2. The first-order valence-electron chi connectivity index (χ1n) is 5.45. The average molecular weight is 339 g/mol. The van der Waals surface area contributed by atoms with Crippen LogP contribution >= 0.6 is 22.6 Å². The minimum absolute atomic E-state index is 0.806. The third-order valence-electron chi connectivity index (χ3n) is 2.36. The van der Waals surface area contributed by atoms with Crippen LogP contribution in [-0.4, -0.2) is 7.05 Å². The Labute approximate surface area is 115 Å². The van der Waals surface area contributed by atoms with Crippen LogP contribution in [0, 0.1) is 3.57 Å². The molecule has 0 saturated carbocycles. The number of rotatable bonds is 4. The van der Waals surface area contributed by atoms with Crippen molar-refractivity contribution in [1.29, 1.82) is 0 Å². The van der Waals surface area contributed by atoms with Crippen molar-refractivity contribution in [2.45, 2.75) is 6.54 Å². The zero-order valence-corrected chi connectivity index (χ0v) is 11.8. The molecule has 1 N–H and O–H groups in total. The molecule has 0 atom stereocenters. The monoisotopic (exact) mass is 339 g/mol. The van der Waals surface area contributed by atoms with Crippen LogP contribution in [-0.2, 0) is 6.54 Å². The van der Waals surface area contributed by atoms with Crippen molar-refractivity contribution < 1.29 is 4.74 Å². The molecule has 0 heterocycles. The van der Waals surface area contributed by atoms with Crippen LogP contribution in [0.25, 0.3) is 0 Å². The molecule has 0 aliphatic heterocycles. The number of benzene rings is 2. The van der Waals surface area contributed by atoms with Crippen molar-refractivity contribution in [1.82, 2.24) is 5.32 Å². The molecule has 17 heavy (non-hydrogen) atoms. The number of hydrogen-bond acceptors (Lipinski definition) is 2. The van der Waals surface area contributed by atoms with Crippen LogP contribution in [0.5, 0.6) is 11.5 Å². The second kappa shape index (κ2) is 6.02. The number of hydrogen-bond donors (Lipinski definition) is 1. The molecule has 0 bridgehead atoms. The number of halogens is 1. The molecule has 0 spiro atoms. The Morgan fingerprint density at radius 1 is 1.12 bits per heavy atom. The predicted octanol–water partition coefficient (Wildman–Crippen LogP) is 3.80. The molecule has 0 amide bonds. The summed E-state index contributed by atoms with van der Waals surface area (Å²) in [5.41, 5.74) is 1.16. The lowest BCUT2D eigenvalue weighted by molar-refractivity contribution is 0.474. The number of ether oxygens (including phenoxy) is 1. The summed E-state index contributed by atoms with van der Waals surface area (Å²) in [7, 11) is 1.93. The molecule has 0 fully saturated rings. The van der Waals surface area contributed by atoms with Gasteiger partial charge in [0.2, 0.25) is 0 Å². The summed E-state index contributed by atoms with van der Waals surface area (Å²) in [6.45, 7) is 0.806. The van der Waals surface area contributed by atoms with Crippen molar-refractivity contribution >= 4 is 22.6 Å². The van der Waals surface area contributed by atoms with E-state index in [1.807, 2.05) is 49.5 Å². The Balaban J connectivity index is 2.23. The van der Waals surface area contributed by atoms with Gasteiger partial charge in [-0.15, -0.1) is 0 Å². The topological polar surface area (TPSA) is 21.3 Å². The van der Waals surface area contributed by atoms with Crippen LogP contribution in [0.3, 0.4) is 0 Å². The highest BCUT2D eigenvalue weighted by molar-refractivity contribution is 14.1. The van der Waals surface area contributed by atoms with E-state index in [1.165, 1.54) is 3.57 Å². The maximum atomic E-state index is 5.90. The molecular formula is C14H14INO. The minimum Gasteiger partial charge on any atom is -0.457 e. The van der Waals surface area contributed by atoms with Gasteiger partial charge in [-0.2, -0.15) is 0 Å². The maximum absolute atomic E-state index is 5.90. The van der Waals surface area contributed by atoms with Gasteiger partial charge in [-0.1, -0.05) is 24.3 Å². The van der Waals surface area contributed by atoms with E-state index in [-0.39, 0.29) is 0 Å². The maximum Gasteiger partial charge on any atom is 0.131 e. The summed E-state index contributed by atoms with van der Waals surface area (Å²) in [5, 5.41) is 3.14. The lowest BCUT2D eigenvalue weighted by atomic mass is 10.2. The van der Waals surface area contributed by atoms with E-state index in [9.17, 15) is 0 Å². The molecule has 2 rings (SSSR count). The van der Waals surface area contributed by atoms with Crippen LogP contribution in [0.4, 0.5) is 0 Å². The van der Waals surface area contributed by atoms with E-state index < -0.39 is 0 Å². The molecule has 0 aromatic heterocycles. The number of nitrogens with one attached hydrogen (secondary N) is 1.